The van der Waals surface area contributed by atoms with Crippen molar-refractivity contribution in [2.45, 2.75) is 25.3 Å². The van der Waals surface area contributed by atoms with Gasteiger partial charge in [-0.1, -0.05) is 17.7 Å². The molecule has 0 N–H and O–H groups in total. The highest BCUT2D eigenvalue weighted by Crippen LogP contribution is 2.36. The first kappa shape index (κ1) is 11.6. The van der Waals surface area contributed by atoms with Crippen molar-refractivity contribution in [3.05, 3.63) is 29.8 Å². The van der Waals surface area contributed by atoms with Gasteiger partial charge in [-0.15, -0.1) is 11.8 Å². The predicted molar refractivity (Wildman–Crippen MR) is 71.6 cm³/mol. The molecule has 3 amide bonds. The van der Waals surface area contributed by atoms with E-state index in [0.29, 0.717) is 11.4 Å². The number of benzene rings is 1. The summed E-state index contributed by atoms with van der Waals surface area (Å²) in [6.07, 6.45) is 0. The van der Waals surface area contributed by atoms with Gasteiger partial charge in [0.15, 0.2) is 0 Å². The van der Waals surface area contributed by atoms with Crippen LogP contribution in [0.5, 0.6) is 0 Å². The fourth-order valence-corrected chi connectivity index (χ4v) is 3.58. The summed E-state index contributed by atoms with van der Waals surface area (Å²) in [6.45, 7) is 3.95. The van der Waals surface area contributed by atoms with E-state index >= 15 is 0 Å². The summed E-state index contributed by atoms with van der Waals surface area (Å²) in [5.74, 6) is 0.606. The minimum absolute atomic E-state index is 0.0851. The van der Waals surface area contributed by atoms with Gasteiger partial charge in [0.25, 0.3) is 5.91 Å². The Hall–Kier alpha value is -1.49. The second-order valence-corrected chi connectivity index (χ2v) is 6.00. The monoisotopic (exact) mass is 262 g/mol. The molecule has 3 rings (SSSR count). The van der Waals surface area contributed by atoms with E-state index in [1.807, 2.05) is 38.1 Å². The minimum atomic E-state index is -0.279. The molecule has 5 heteroatoms. The lowest BCUT2D eigenvalue weighted by Crippen LogP contribution is -2.35. The van der Waals surface area contributed by atoms with Crippen molar-refractivity contribution in [3.8, 4) is 0 Å². The zero-order valence-corrected chi connectivity index (χ0v) is 11.1. The highest BCUT2D eigenvalue weighted by molar-refractivity contribution is 8.00. The van der Waals surface area contributed by atoms with Crippen LogP contribution in [-0.4, -0.2) is 34.0 Å². The summed E-state index contributed by atoms with van der Waals surface area (Å²) in [5.41, 5.74) is 1.78. The SMILES string of the molecule is Cc1ccc(N2C(=O)[C@@H]3CSC(C)N3C2=O)cc1. The zero-order valence-electron chi connectivity index (χ0n) is 10.3. The van der Waals surface area contributed by atoms with Crippen LogP contribution in [0.25, 0.3) is 0 Å². The van der Waals surface area contributed by atoms with E-state index in [2.05, 4.69) is 0 Å². The van der Waals surface area contributed by atoms with Crippen molar-refractivity contribution >= 4 is 29.4 Å². The summed E-state index contributed by atoms with van der Waals surface area (Å²) >= 11 is 1.65. The molecule has 18 heavy (non-hydrogen) atoms. The van der Waals surface area contributed by atoms with Crippen LogP contribution in [0.2, 0.25) is 0 Å². The number of thioether (sulfide) groups is 1. The Morgan fingerprint density at radius 3 is 2.50 bits per heavy atom. The van der Waals surface area contributed by atoms with Crippen molar-refractivity contribution in [1.82, 2.24) is 4.90 Å². The Balaban J connectivity index is 1.97. The van der Waals surface area contributed by atoms with Gasteiger partial charge in [0.1, 0.15) is 6.04 Å². The number of aryl methyl sites for hydroxylation is 1. The molecule has 2 atom stereocenters. The van der Waals surface area contributed by atoms with E-state index in [4.69, 9.17) is 0 Å². The molecular weight excluding hydrogens is 248 g/mol. The van der Waals surface area contributed by atoms with Gasteiger partial charge in [0, 0.05) is 5.75 Å². The number of carbonyl (C=O) groups excluding carboxylic acids is 2. The fraction of sp³-hybridized carbons (Fsp3) is 0.385. The maximum atomic E-state index is 12.3. The molecule has 0 bridgehead atoms. The molecular formula is C13H14N2O2S. The van der Waals surface area contributed by atoms with Crippen molar-refractivity contribution in [3.63, 3.8) is 0 Å². The number of anilines is 1. The van der Waals surface area contributed by atoms with Crippen molar-refractivity contribution in [1.29, 1.82) is 0 Å². The number of fused-ring (bicyclic) bond motifs is 1. The van der Waals surface area contributed by atoms with Crippen molar-refractivity contribution in [2.24, 2.45) is 0 Å². The maximum absolute atomic E-state index is 12.3. The average molecular weight is 262 g/mol. The molecule has 0 saturated carbocycles. The first-order chi connectivity index (χ1) is 8.59. The van der Waals surface area contributed by atoms with Crippen molar-refractivity contribution < 1.29 is 9.59 Å². The summed E-state index contributed by atoms with van der Waals surface area (Å²) in [4.78, 5) is 27.6. The second-order valence-electron chi connectivity index (χ2n) is 4.65. The van der Waals surface area contributed by atoms with E-state index in [1.165, 1.54) is 4.90 Å². The first-order valence-electron chi connectivity index (χ1n) is 5.94. The predicted octanol–water partition coefficient (Wildman–Crippen LogP) is 2.23. The van der Waals surface area contributed by atoms with E-state index < -0.39 is 0 Å². The number of urea groups is 1. The van der Waals surface area contributed by atoms with Gasteiger partial charge in [-0.05, 0) is 26.0 Å². The summed E-state index contributed by atoms with van der Waals surface area (Å²) in [6, 6.07) is 7.01. The fourth-order valence-electron chi connectivity index (χ4n) is 2.41. The van der Waals surface area contributed by atoms with Crippen LogP contribution < -0.4 is 4.90 Å². The molecule has 94 valence electrons. The number of rotatable bonds is 1. The Morgan fingerprint density at radius 2 is 1.89 bits per heavy atom. The van der Waals surface area contributed by atoms with Gasteiger partial charge in [-0.2, -0.15) is 0 Å². The Labute approximate surface area is 110 Å². The standard InChI is InChI=1S/C13H14N2O2S/c1-8-3-5-10(6-4-8)15-12(16)11-7-18-9(2)14(11)13(15)17/h3-6,9,11H,7H2,1-2H3/t9?,11-/m0/s1. The minimum Gasteiger partial charge on any atom is -0.299 e. The van der Waals surface area contributed by atoms with Crippen LogP contribution in [0, 0.1) is 6.92 Å². The van der Waals surface area contributed by atoms with Crippen LogP contribution in [0.4, 0.5) is 10.5 Å². The summed E-state index contributed by atoms with van der Waals surface area (Å²) in [5, 5.41) is 0.0851. The Bertz CT molecular complexity index is 514. The summed E-state index contributed by atoms with van der Waals surface area (Å²) < 4.78 is 0. The number of nitrogens with zero attached hydrogens (tertiary/aromatic N) is 2. The van der Waals surface area contributed by atoms with Crippen LogP contribution in [0.3, 0.4) is 0 Å². The zero-order chi connectivity index (χ0) is 12.9. The molecule has 1 aromatic carbocycles. The number of hydrogen-bond acceptors (Lipinski definition) is 3. The van der Waals surface area contributed by atoms with Gasteiger partial charge >= 0.3 is 6.03 Å². The lowest BCUT2D eigenvalue weighted by Gasteiger charge is -2.19. The number of hydrogen-bond donors (Lipinski definition) is 0. The second kappa shape index (κ2) is 4.02. The molecule has 2 aliphatic rings. The van der Waals surface area contributed by atoms with Crippen molar-refractivity contribution in [2.75, 3.05) is 10.7 Å². The Kier molecular flexibility index (Phi) is 2.59. The lowest BCUT2D eigenvalue weighted by atomic mass is 10.2. The number of imide groups is 1. The molecule has 2 fully saturated rings. The maximum Gasteiger partial charge on any atom is 0.333 e. The van der Waals surface area contributed by atoms with E-state index in [0.717, 1.165) is 5.56 Å². The smallest absolute Gasteiger partial charge is 0.299 e. The van der Waals surface area contributed by atoms with Gasteiger partial charge in [0.2, 0.25) is 0 Å². The third-order valence-corrected chi connectivity index (χ3v) is 4.65. The molecule has 0 spiro atoms. The lowest BCUT2D eigenvalue weighted by molar-refractivity contribution is -0.119. The van der Waals surface area contributed by atoms with Gasteiger partial charge < -0.3 is 0 Å². The van der Waals surface area contributed by atoms with E-state index in [9.17, 15) is 9.59 Å². The molecule has 4 nitrogen and oxygen atoms in total. The third kappa shape index (κ3) is 1.54. The van der Waals surface area contributed by atoms with Crippen LogP contribution >= 0.6 is 11.8 Å². The Morgan fingerprint density at radius 1 is 1.22 bits per heavy atom. The third-order valence-electron chi connectivity index (χ3n) is 3.43. The van der Waals surface area contributed by atoms with Gasteiger partial charge in [0.05, 0.1) is 11.1 Å². The van der Waals surface area contributed by atoms with E-state index in [1.54, 1.807) is 16.7 Å². The van der Waals surface area contributed by atoms with Crippen LogP contribution in [0.1, 0.15) is 12.5 Å². The molecule has 2 saturated heterocycles. The topological polar surface area (TPSA) is 40.6 Å². The molecule has 0 radical (unpaired) electrons. The van der Waals surface area contributed by atoms with Crippen LogP contribution in [-0.2, 0) is 4.79 Å². The summed E-state index contributed by atoms with van der Waals surface area (Å²) in [7, 11) is 0. The highest BCUT2D eigenvalue weighted by Gasteiger charge is 2.51. The quantitative estimate of drug-likeness (QED) is 0.729. The molecule has 2 aliphatic heterocycles. The largest absolute Gasteiger partial charge is 0.333 e. The normalized spacial score (nSPS) is 27.0. The average Bonchev–Trinajstić information content (AvgIpc) is 2.83. The first-order valence-corrected chi connectivity index (χ1v) is 6.99. The molecule has 1 aromatic rings. The molecule has 0 aromatic heterocycles. The highest BCUT2D eigenvalue weighted by atomic mass is 32.2. The van der Waals surface area contributed by atoms with Gasteiger partial charge in [-0.3, -0.25) is 9.69 Å². The molecule has 1 unspecified atom stereocenters. The number of carbonyl (C=O) groups is 2. The van der Waals surface area contributed by atoms with Gasteiger partial charge in [-0.25, -0.2) is 9.69 Å². The van der Waals surface area contributed by atoms with E-state index in [-0.39, 0.29) is 23.4 Å². The molecule has 0 aliphatic carbocycles. The van der Waals surface area contributed by atoms with Crippen LogP contribution in [0.15, 0.2) is 24.3 Å². The molecule has 2 heterocycles. The number of amides is 3.